The monoisotopic (exact) mass is 502 g/mol. The van der Waals surface area contributed by atoms with Gasteiger partial charge in [0.15, 0.2) is 11.4 Å². The van der Waals surface area contributed by atoms with Crippen LogP contribution < -0.4 is 15.5 Å². The number of ether oxygens (including phenoxy) is 2. The molecule has 1 atom stereocenters. The molecule has 2 N–H and O–H groups in total. The van der Waals surface area contributed by atoms with E-state index < -0.39 is 6.17 Å². The number of hydrogen-bond donors (Lipinski definition) is 2. The van der Waals surface area contributed by atoms with E-state index in [0.717, 1.165) is 29.7 Å². The Hall–Kier alpha value is -2.52. The van der Waals surface area contributed by atoms with Gasteiger partial charge >= 0.3 is 0 Å². The number of rotatable bonds is 10. The van der Waals surface area contributed by atoms with Crippen LogP contribution >= 0.6 is 23.8 Å². The van der Waals surface area contributed by atoms with Crippen molar-refractivity contribution in [3.8, 4) is 0 Å². The number of fused-ring (bicyclic) bond motifs is 1. The molecule has 3 rings (SSSR count). The second kappa shape index (κ2) is 12.8. The van der Waals surface area contributed by atoms with Crippen molar-refractivity contribution >= 4 is 46.2 Å². The normalized spacial score (nSPS) is 15.6. The Morgan fingerprint density at radius 2 is 1.88 bits per heavy atom. The minimum absolute atomic E-state index is 0.216. The molecule has 0 saturated carbocycles. The fourth-order valence-corrected chi connectivity index (χ4v) is 4.08. The van der Waals surface area contributed by atoms with Gasteiger partial charge in [-0.1, -0.05) is 41.9 Å². The molecule has 7 nitrogen and oxygen atoms in total. The minimum atomic E-state index is -0.883. The van der Waals surface area contributed by atoms with Crippen molar-refractivity contribution in [2.24, 2.45) is 4.99 Å². The summed E-state index contributed by atoms with van der Waals surface area (Å²) in [6.45, 7) is 5.71. The molecule has 2 aromatic rings. The molecule has 0 aliphatic carbocycles. The van der Waals surface area contributed by atoms with Crippen LogP contribution in [0, 0.1) is 0 Å². The number of carbonyl (C=O) groups is 1. The Morgan fingerprint density at radius 1 is 1.18 bits per heavy atom. The third-order valence-corrected chi connectivity index (χ3v) is 5.82. The molecule has 0 radical (unpaired) electrons. The van der Waals surface area contributed by atoms with E-state index in [1.165, 1.54) is 0 Å². The first-order chi connectivity index (χ1) is 16.4. The zero-order chi connectivity index (χ0) is 24.5. The Bertz CT molecular complexity index is 1010. The predicted octanol–water partition coefficient (Wildman–Crippen LogP) is 4.12. The standard InChI is InChI=1S/C25H31ClN4O3S/c1-4-32-21(33-5-2)12-9-15-27-25(34)29-23-24(31)30(3)20-14-13-18(26)16-19(20)22(28-23)17-10-7-6-8-11-17/h6-8,10-11,13-14,16,21,23H,4-5,9,12,15H2,1-3H3,(H2,27,29,34). The average molecular weight is 503 g/mol. The quantitative estimate of drug-likeness (QED) is 0.289. The molecule has 0 spiro atoms. The van der Waals surface area contributed by atoms with Gasteiger partial charge in [-0.25, -0.2) is 4.99 Å². The van der Waals surface area contributed by atoms with Crippen LogP contribution in [0.3, 0.4) is 0 Å². The molecule has 1 amide bonds. The third-order valence-electron chi connectivity index (χ3n) is 5.32. The van der Waals surface area contributed by atoms with Crippen molar-refractivity contribution in [3.05, 3.63) is 64.7 Å². The summed E-state index contributed by atoms with van der Waals surface area (Å²) in [6, 6.07) is 15.2. The molecular weight excluding hydrogens is 472 g/mol. The largest absolute Gasteiger partial charge is 0.363 e. The van der Waals surface area contributed by atoms with Crippen molar-refractivity contribution < 1.29 is 14.3 Å². The highest BCUT2D eigenvalue weighted by Gasteiger charge is 2.30. The Morgan fingerprint density at radius 3 is 2.56 bits per heavy atom. The van der Waals surface area contributed by atoms with Gasteiger partial charge in [-0.2, -0.15) is 0 Å². The molecule has 1 unspecified atom stereocenters. The van der Waals surface area contributed by atoms with Crippen molar-refractivity contribution in [1.82, 2.24) is 10.6 Å². The maximum atomic E-state index is 13.3. The molecule has 0 aromatic heterocycles. The Kier molecular flexibility index (Phi) is 9.83. The lowest BCUT2D eigenvalue weighted by Crippen LogP contribution is -2.49. The van der Waals surface area contributed by atoms with E-state index in [4.69, 9.17) is 38.3 Å². The van der Waals surface area contributed by atoms with Gasteiger partial charge in [-0.15, -0.1) is 0 Å². The summed E-state index contributed by atoms with van der Waals surface area (Å²) in [5.74, 6) is -0.216. The van der Waals surface area contributed by atoms with Gasteiger partial charge < -0.3 is 25.0 Å². The summed E-state index contributed by atoms with van der Waals surface area (Å²) in [5.41, 5.74) is 3.08. The van der Waals surface area contributed by atoms with Crippen LogP contribution in [0.4, 0.5) is 5.69 Å². The summed E-state index contributed by atoms with van der Waals surface area (Å²) < 4.78 is 11.1. The van der Waals surface area contributed by atoms with E-state index in [-0.39, 0.29) is 12.2 Å². The highest BCUT2D eigenvalue weighted by molar-refractivity contribution is 7.80. The van der Waals surface area contributed by atoms with Gasteiger partial charge in [-0.05, 0) is 50.7 Å². The van der Waals surface area contributed by atoms with Crippen molar-refractivity contribution in [2.45, 2.75) is 39.1 Å². The molecule has 182 valence electrons. The second-order valence-corrected chi connectivity index (χ2v) is 8.53. The first-order valence-electron chi connectivity index (χ1n) is 11.4. The lowest BCUT2D eigenvalue weighted by Gasteiger charge is -2.22. The third kappa shape index (κ3) is 6.76. The zero-order valence-corrected chi connectivity index (χ0v) is 21.3. The number of anilines is 1. The summed E-state index contributed by atoms with van der Waals surface area (Å²) in [4.78, 5) is 19.6. The van der Waals surface area contributed by atoms with Crippen molar-refractivity contribution in [1.29, 1.82) is 0 Å². The molecule has 34 heavy (non-hydrogen) atoms. The summed E-state index contributed by atoms with van der Waals surface area (Å²) in [6.07, 6.45) is 0.437. The van der Waals surface area contributed by atoms with E-state index in [2.05, 4.69) is 10.6 Å². The van der Waals surface area contributed by atoms with Gasteiger partial charge in [0.2, 0.25) is 6.17 Å². The van der Waals surface area contributed by atoms with Crippen LogP contribution in [0.25, 0.3) is 0 Å². The Balaban J connectivity index is 1.74. The van der Waals surface area contributed by atoms with Gasteiger partial charge in [0.1, 0.15) is 0 Å². The number of thiocarbonyl (C=S) groups is 1. The van der Waals surface area contributed by atoms with Crippen LogP contribution in [-0.4, -0.2) is 56.0 Å². The summed E-state index contributed by atoms with van der Waals surface area (Å²) >= 11 is 11.8. The number of aliphatic imine (C=N–C) groups is 1. The van der Waals surface area contributed by atoms with Crippen molar-refractivity contribution in [2.75, 3.05) is 31.7 Å². The number of halogens is 1. The number of carbonyl (C=O) groups excluding carboxylic acids is 1. The van der Waals surface area contributed by atoms with Gasteiger partial charge in [-0.3, -0.25) is 4.79 Å². The van der Waals surface area contributed by atoms with E-state index >= 15 is 0 Å². The second-order valence-electron chi connectivity index (χ2n) is 7.69. The molecule has 2 aromatic carbocycles. The minimum Gasteiger partial charge on any atom is -0.363 e. The van der Waals surface area contributed by atoms with Crippen LogP contribution in [-0.2, 0) is 14.3 Å². The van der Waals surface area contributed by atoms with E-state index in [9.17, 15) is 4.79 Å². The molecule has 0 saturated heterocycles. The Labute approximate surface area is 211 Å². The number of likely N-dealkylation sites (N-methyl/N-ethyl adjacent to an activating group) is 1. The van der Waals surface area contributed by atoms with Crippen molar-refractivity contribution in [3.63, 3.8) is 0 Å². The summed E-state index contributed by atoms with van der Waals surface area (Å²) in [7, 11) is 1.73. The van der Waals surface area contributed by atoms with Crippen LogP contribution in [0.1, 0.15) is 37.8 Å². The van der Waals surface area contributed by atoms with E-state index in [0.29, 0.717) is 35.6 Å². The number of benzene rings is 2. The fraction of sp³-hybridized carbons (Fsp3) is 0.400. The molecule has 1 aliphatic heterocycles. The first-order valence-corrected chi connectivity index (χ1v) is 12.2. The highest BCUT2D eigenvalue weighted by Crippen LogP contribution is 2.29. The lowest BCUT2D eigenvalue weighted by molar-refractivity contribution is -0.139. The fourth-order valence-electron chi connectivity index (χ4n) is 3.70. The van der Waals surface area contributed by atoms with E-state index in [1.807, 2.05) is 56.3 Å². The molecular formula is C25H31ClN4O3S. The van der Waals surface area contributed by atoms with E-state index in [1.54, 1.807) is 18.0 Å². The lowest BCUT2D eigenvalue weighted by atomic mass is 10.0. The number of nitrogens with one attached hydrogen (secondary N) is 2. The number of nitrogens with zero attached hydrogens (tertiary/aromatic N) is 2. The highest BCUT2D eigenvalue weighted by atomic mass is 35.5. The first kappa shape index (κ1) is 26.1. The number of benzodiazepines with no additional fused rings is 1. The maximum Gasteiger partial charge on any atom is 0.272 e. The summed E-state index contributed by atoms with van der Waals surface area (Å²) in [5, 5.41) is 7.16. The predicted molar refractivity (Wildman–Crippen MR) is 141 cm³/mol. The SMILES string of the molecule is CCOC(CCCNC(=S)NC1N=C(c2ccccc2)c2cc(Cl)ccc2N(C)C1=O)OCC. The van der Waals surface area contributed by atoms with Gasteiger partial charge in [0.25, 0.3) is 5.91 Å². The molecule has 1 aliphatic rings. The molecule has 1 heterocycles. The molecule has 0 fully saturated rings. The number of hydrogen-bond acceptors (Lipinski definition) is 5. The molecule has 0 bridgehead atoms. The van der Waals surface area contributed by atoms with Gasteiger partial charge in [0, 0.05) is 49.4 Å². The van der Waals surface area contributed by atoms with Crippen LogP contribution in [0.15, 0.2) is 53.5 Å². The van der Waals surface area contributed by atoms with Crippen LogP contribution in [0.2, 0.25) is 5.02 Å². The van der Waals surface area contributed by atoms with Crippen LogP contribution in [0.5, 0.6) is 0 Å². The maximum absolute atomic E-state index is 13.3. The zero-order valence-electron chi connectivity index (χ0n) is 19.7. The average Bonchev–Trinajstić information content (AvgIpc) is 2.93. The number of amides is 1. The smallest absolute Gasteiger partial charge is 0.272 e. The topological polar surface area (TPSA) is 75.2 Å². The van der Waals surface area contributed by atoms with Gasteiger partial charge in [0.05, 0.1) is 11.4 Å². The molecule has 9 heteroatoms.